The van der Waals surface area contributed by atoms with Gasteiger partial charge >= 0.3 is 0 Å². The number of nitrogens with zero attached hydrogens (tertiary/aromatic N) is 2. The number of aryl methyl sites for hydroxylation is 1. The predicted octanol–water partition coefficient (Wildman–Crippen LogP) is 7.06. The summed E-state index contributed by atoms with van der Waals surface area (Å²) in [7, 11) is 1.65. The number of anilines is 1. The average molecular weight is 479 g/mol. The van der Waals surface area contributed by atoms with Gasteiger partial charge in [-0.2, -0.15) is 0 Å². The summed E-state index contributed by atoms with van der Waals surface area (Å²) in [6.07, 6.45) is 0.300. The van der Waals surface area contributed by atoms with Crippen LogP contribution >= 0.6 is 11.3 Å². The van der Waals surface area contributed by atoms with Gasteiger partial charge in [0.2, 0.25) is 5.91 Å². The zero-order valence-corrected chi connectivity index (χ0v) is 20.6. The molecule has 0 atom stereocenters. The fourth-order valence-electron chi connectivity index (χ4n) is 4.12. The second kappa shape index (κ2) is 10.1. The molecule has 0 aliphatic rings. The standard InChI is InChI=1S/C30H26N2O2S/c1-21-13-18-26(34-2)28-29(21)35-30(31-28)32(20-23-9-5-3-6-10-23)27(33)19-22-14-16-25(17-15-22)24-11-7-4-8-12-24/h3-18H,19-20H2,1-2H3. The van der Waals surface area contributed by atoms with Crippen LogP contribution in [0.1, 0.15) is 16.7 Å². The van der Waals surface area contributed by atoms with E-state index in [4.69, 9.17) is 9.72 Å². The lowest BCUT2D eigenvalue weighted by molar-refractivity contribution is -0.118. The zero-order chi connectivity index (χ0) is 24.2. The van der Waals surface area contributed by atoms with Gasteiger partial charge < -0.3 is 4.74 Å². The average Bonchev–Trinajstić information content (AvgIpc) is 3.35. The highest BCUT2D eigenvalue weighted by atomic mass is 32.1. The van der Waals surface area contributed by atoms with Crippen molar-refractivity contribution in [3.05, 3.63) is 114 Å². The summed E-state index contributed by atoms with van der Waals surface area (Å²) in [6.45, 7) is 2.52. The molecule has 1 heterocycles. The van der Waals surface area contributed by atoms with E-state index in [1.165, 1.54) is 11.3 Å². The largest absolute Gasteiger partial charge is 0.494 e. The molecule has 0 radical (unpaired) electrons. The smallest absolute Gasteiger partial charge is 0.233 e. The Morgan fingerprint density at radius 1 is 0.829 bits per heavy atom. The number of methoxy groups -OCH3 is 1. The lowest BCUT2D eigenvalue weighted by Crippen LogP contribution is -2.31. The molecule has 4 nitrogen and oxygen atoms in total. The van der Waals surface area contributed by atoms with Gasteiger partial charge in [0.1, 0.15) is 11.3 Å². The van der Waals surface area contributed by atoms with Crippen molar-refractivity contribution in [2.45, 2.75) is 19.9 Å². The van der Waals surface area contributed by atoms with Crippen LogP contribution in [0.25, 0.3) is 21.3 Å². The molecule has 5 heteroatoms. The van der Waals surface area contributed by atoms with E-state index < -0.39 is 0 Å². The maximum absolute atomic E-state index is 13.6. The summed E-state index contributed by atoms with van der Waals surface area (Å²) < 4.78 is 6.58. The van der Waals surface area contributed by atoms with E-state index in [0.717, 1.165) is 43.8 Å². The Hall–Kier alpha value is -3.96. The third-order valence-electron chi connectivity index (χ3n) is 6.04. The van der Waals surface area contributed by atoms with Crippen molar-refractivity contribution in [3.63, 3.8) is 0 Å². The van der Waals surface area contributed by atoms with Crippen LogP contribution in [0.4, 0.5) is 5.13 Å². The van der Waals surface area contributed by atoms with Gasteiger partial charge in [0.05, 0.1) is 24.8 Å². The first-order chi connectivity index (χ1) is 17.1. The molecule has 0 saturated carbocycles. The van der Waals surface area contributed by atoms with Crippen LogP contribution < -0.4 is 9.64 Å². The van der Waals surface area contributed by atoms with Gasteiger partial charge in [0.15, 0.2) is 5.13 Å². The molecule has 0 spiro atoms. The zero-order valence-electron chi connectivity index (χ0n) is 19.8. The quantitative estimate of drug-likeness (QED) is 0.252. The van der Waals surface area contributed by atoms with Gasteiger partial charge in [-0.25, -0.2) is 4.98 Å². The molecule has 0 unspecified atom stereocenters. The van der Waals surface area contributed by atoms with E-state index in [1.807, 2.05) is 72.8 Å². The number of amides is 1. The van der Waals surface area contributed by atoms with Gasteiger partial charge in [0, 0.05) is 0 Å². The number of carbonyl (C=O) groups excluding carboxylic acids is 1. The number of fused-ring (bicyclic) bond motifs is 1. The summed E-state index contributed by atoms with van der Waals surface area (Å²) >= 11 is 1.53. The molecule has 0 saturated heterocycles. The highest BCUT2D eigenvalue weighted by molar-refractivity contribution is 7.22. The van der Waals surface area contributed by atoms with Gasteiger partial charge in [0.25, 0.3) is 0 Å². The van der Waals surface area contributed by atoms with Crippen LogP contribution in [0.2, 0.25) is 0 Å². The van der Waals surface area contributed by atoms with Gasteiger partial charge in [-0.1, -0.05) is 102 Å². The highest BCUT2D eigenvalue weighted by Gasteiger charge is 2.22. The second-order valence-corrected chi connectivity index (χ2v) is 9.44. The van der Waals surface area contributed by atoms with E-state index >= 15 is 0 Å². The van der Waals surface area contributed by atoms with Crippen LogP contribution in [-0.2, 0) is 17.8 Å². The molecule has 0 aliphatic heterocycles. The second-order valence-electron chi connectivity index (χ2n) is 8.46. The van der Waals surface area contributed by atoms with Crippen molar-refractivity contribution >= 4 is 32.6 Å². The van der Waals surface area contributed by atoms with Crippen molar-refractivity contribution in [3.8, 4) is 16.9 Å². The predicted molar refractivity (Wildman–Crippen MR) is 144 cm³/mol. The molecular weight excluding hydrogens is 452 g/mol. The van der Waals surface area contributed by atoms with Crippen LogP contribution in [0.15, 0.2) is 97.1 Å². The minimum Gasteiger partial charge on any atom is -0.494 e. The van der Waals surface area contributed by atoms with Crippen LogP contribution in [-0.4, -0.2) is 18.0 Å². The number of ether oxygens (including phenoxy) is 1. The number of aromatic nitrogens is 1. The van der Waals surface area contributed by atoms with Crippen molar-refractivity contribution in [2.75, 3.05) is 12.0 Å². The summed E-state index contributed by atoms with van der Waals surface area (Å²) in [5.74, 6) is 0.730. The molecule has 5 aromatic rings. The number of carbonyl (C=O) groups is 1. The fourth-order valence-corrected chi connectivity index (χ4v) is 5.19. The van der Waals surface area contributed by atoms with Crippen LogP contribution in [0.5, 0.6) is 5.75 Å². The lowest BCUT2D eigenvalue weighted by Gasteiger charge is -2.20. The Labute approximate surface area is 209 Å². The summed E-state index contributed by atoms with van der Waals surface area (Å²) in [5, 5.41) is 0.683. The number of hydrogen-bond acceptors (Lipinski definition) is 4. The molecule has 0 fully saturated rings. The van der Waals surface area contributed by atoms with Crippen molar-refractivity contribution in [1.29, 1.82) is 0 Å². The number of benzene rings is 4. The normalized spacial score (nSPS) is 10.9. The third-order valence-corrected chi connectivity index (χ3v) is 7.26. The third kappa shape index (κ3) is 4.96. The van der Waals surface area contributed by atoms with E-state index in [9.17, 15) is 4.79 Å². The van der Waals surface area contributed by atoms with E-state index in [2.05, 4.69) is 31.2 Å². The highest BCUT2D eigenvalue weighted by Crippen LogP contribution is 2.37. The Morgan fingerprint density at radius 2 is 1.49 bits per heavy atom. The van der Waals surface area contributed by atoms with Crippen molar-refractivity contribution < 1.29 is 9.53 Å². The fraction of sp³-hybridized carbons (Fsp3) is 0.133. The monoisotopic (exact) mass is 478 g/mol. The maximum Gasteiger partial charge on any atom is 0.233 e. The molecule has 0 aliphatic carbocycles. The first-order valence-electron chi connectivity index (χ1n) is 11.5. The number of thiazole rings is 1. The van der Waals surface area contributed by atoms with E-state index in [1.54, 1.807) is 12.0 Å². The first-order valence-corrected chi connectivity index (χ1v) is 12.4. The van der Waals surface area contributed by atoms with Crippen LogP contribution in [0, 0.1) is 6.92 Å². The number of hydrogen-bond donors (Lipinski definition) is 0. The Morgan fingerprint density at radius 3 is 2.17 bits per heavy atom. The SMILES string of the molecule is COc1ccc(C)c2sc(N(Cc3ccccc3)C(=O)Cc3ccc(-c4ccccc4)cc3)nc12. The molecule has 0 bridgehead atoms. The molecule has 4 aromatic carbocycles. The van der Waals surface area contributed by atoms with E-state index in [-0.39, 0.29) is 5.91 Å². The van der Waals surface area contributed by atoms with Crippen LogP contribution in [0.3, 0.4) is 0 Å². The lowest BCUT2D eigenvalue weighted by atomic mass is 10.0. The molecule has 35 heavy (non-hydrogen) atoms. The Kier molecular flexibility index (Phi) is 6.59. The maximum atomic E-state index is 13.6. The van der Waals surface area contributed by atoms with E-state index in [0.29, 0.717) is 18.1 Å². The van der Waals surface area contributed by atoms with Crippen molar-refractivity contribution in [1.82, 2.24) is 4.98 Å². The minimum atomic E-state index is 0.0111. The molecule has 5 rings (SSSR count). The minimum absolute atomic E-state index is 0.0111. The van der Waals surface area contributed by atoms with Gasteiger partial charge in [-0.05, 0) is 40.8 Å². The summed E-state index contributed by atoms with van der Waals surface area (Å²) in [4.78, 5) is 20.3. The molecule has 1 amide bonds. The Bertz CT molecular complexity index is 1450. The molecular formula is C30H26N2O2S. The van der Waals surface area contributed by atoms with Gasteiger partial charge in [-0.3, -0.25) is 9.69 Å². The topological polar surface area (TPSA) is 42.4 Å². The molecule has 0 N–H and O–H groups in total. The van der Waals surface area contributed by atoms with Gasteiger partial charge in [-0.15, -0.1) is 0 Å². The molecule has 1 aromatic heterocycles. The Balaban J connectivity index is 1.46. The summed E-state index contributed by atoms with van der Waals surface area (Å²) in [5.41, 5.74) is 6.25. The summed E-state index contributed by atoms with van der Waals surface area (Å²) in [6, 6.07) is 32.5. The number of rotatable bonds is 7. The molecule has 174 valence electrons. The van der Waals surface area contributed by atoms with Crippen molar-refractivity contribution in [2.24, 2.45) is 0 Å². The first kappa shape index (κ1) is 22.8.